The van der Waals surface area contributed by atoms with Gasteiger partial charge in [0, 0.05) is 13.1 Å². The zero-order chi connectivity index (χ0) is 15.8. The van der Waals surface area contributed by atoms with E-state index in [1.807, 2.05) is 6.07 Å². The zero-order valence-corrected chi connectivity index (χ0v) is 13.2. The molecule has 0 spiro atoms. The fraction of sp³-hybridized carbons (Fsp3) is 0.333. The molecule has 22 heavy (non-hydrogen) atoms. The van der Waals surface area contributed by atoms with Gasteiger partial charge in [0.1, 0.15) is 5.69 Å². The molecule has 2 rings (SSSR count). The molecule has 0 aliphatic carbocycles. The van der Waals surface area contributed by atoms with Crippen LogP contribution in [-0.2, 0) is 6.54 Å². The number of carbonyl (C=O) groups excluding carboxylic acids is 1. The van der Waals surface area contributed by atoms with Crippen molar-refractivity contribution >= 4 is 11.6 Å². The molecule has 1 aromatic carbocycles. The van der Waals surface area contributed by atoms with Gasteiger partial charge in [-0.2, -0.15) is 0 Å². The number of hydrogen-bond donors (Lipinski definition) is 2. The van der Waals surface area contributed by atoms with Crippen molar-refractivity contribution in [2.75, 3.05) is 11.9 Å². The second kappa shape index (κ2) is 8.17. The Morgan fingerprint density at radius 2 is 1.91 bits per heavy atom. The summed E-state index contributed by atoms with van der Waals surface area (Å²) < 4.78 is 0. The number of anilines is 1. The largest absolute Gasteiger partial charge is 0.380 e. The van der Waals surface area contributed by atoms with Crippen molar-refractivity contribution in [1.29, 1.82) is 0 Å². The Labute approximate surface area is 132 Å². The summed E-state index contributed by atoms with van der Waals surface area (Å²) in [5, 5.41) is 6.17. The lowest BCUT2D eigenvalue weighted by Crippen LogP contribution is -2.25. The number of aryl methyl sites for hydroxylation is 1. The van der Waals surface area contributed by atoms with Crippen molar-refractivity contribution in [3.05, 3.63) is 59.4 Å². The second-order valence-electron chi connectivity index (χ2n) is 5.38. The maximum atomic E-state index is 11.8. The quantitative estimate of drug-likeness (QED) is 0.769. The number of nitrogens with zero attached hydrogens (tertiary/aromatic N) is 1. The fourth-order valence-electron chi connectivity index (χ4n) is 2.01. The Balaban J connectivity index is 1.86. The average Bonchev–Trinajstić information content (AvgIpc) is 2.55. The number of benzene rings is 1. The highest BCUT2D eigenvalue weighted by Gasteiger charge is 2.05. The van der Waals surface area contributed by atoms with Crippen LogP contribution >= 0.6 is 0 Å². The van der Waals surface area contributed by atoms with Crippen molar-refractivity contribution in [3.63, 3.8) is 0 Å². The van der Waals surface area contributed by atoms with Gasteiger partial charge >= 0.3 is 0 Å². The molecule has 0 bridgehead atoms. The molecule has 2 N–H and O–H groups in total. The van der Waals surface area contributed by atoms with Gasteiger partial charge in [0.25, 0.3) is 5.91 Å². The third-order valence-corrected chi connectivity index (χ3v) is 3.43. The fourth-order valence-corrected chi connectivity index (χ4v) is 2.01. The minimum Gasteiger partial charge on any atom is -0.380 e. The van der Waals surface area contributed by atoms with Crippen LogP contribution in [-0.4, -0.2) is 17.4 Å². The molecule has 1 heterocycles. The van der Waals surface area contributed by atoms with E-state index in [1.165, 1.54) is 11.1 Å². The predicted octanol–water partition coefficient (Wildman–Crippen LogP) is 3.53. The first-order chi connectivity index (χ1) is 10.7. The molecule has 0 saturated heterocycles. The van der Waals surface area contributed by atoms with Gasteiger partial charge in [-0.15, -0.1) is 0 Å². The molecule has 2 aromatic rings. The number of aromatic nitrogens is 1. The Bertz CT molecular complexity index is 591. The molecule has 4 heteroatoms. The molecular weight excluding hydrogens is 274 g/mol. The summed E-state index contributed by atoms with van der Waals surface area (Å²) in [6.45, 7) is 5.61. The maximum absolute atomic E-state index is 11.8. The van der Waals surface area contributed by atoms with Crippen molar-refractivity contribution < 1.29 is 4.79 Å². The molecular formula is C18H23N3O. The lowest BCUT2D eigenvalue weighted by Gasteiger charge is -2.08. The van der Waals surface area contributed by atoms with E-state index in [4.69, 9.17) is 0 Å². The van der Waals surface area contributed by atoms with Crippen LogP contribution in [0.5, 0.6) is 0 Å². The third kappa shape index (κ3) is 4.88. The van der Waals surface area contributed by atoms with Gasteiger partial charge in [0.2, 0.25) is 0 Å². The number of amides is 1. The summed E-state index contributed by atoms with van der Waals surface area (Å²) in [5.74, 6) is -0.112. The van der Waals surface area contributed by atoms with Crippen molar-refractivity contribution in [1.82, 2.24) is 10.3 Å². The van der Waals surface area contributed by atoms with Crippen molar-refractivity contribution in [3.8, 4) is 0 Å². The number of pyridine rings is 1. The Kier molecular flexibility index (Phi) is 5.95. The Morgan fingerprint density at radius 3 is 2.55 bits per heavy atom. The van der Waals surface area contributed by atoms with Gasteiger partial charge in [-0.1, -0.05) is 43.2 Å². The summed E-state index contributed by atoms with van der Waals surface area (Å²) in [6.07, 6.45) is 3.75. The van der Waals surface area contributed by atoms with E-state index < -0.39 is 0 Å². The van der Waals surface area contributed by atoms with Crippen LogP contribution in [0, 0.1) is 6.92 Å². The second-order valence-corrected chi connectivity index (χ2v) is 5.38. The third-order valence-electron chi connectivity index (χ3n) is 3.43. The van der Waals surface area contributed by atoms with Crippen molar-refractivity contribution in [2.24, 2.45) is 0 Å². The van der Waals surface area contributed by atoms with Crippen LogP contribution in [0.15, 0.2) is 42.6 Å². The van der Waals surface area contributed by atoms with E-state index in [9.17, 15) is 4.79 Å². The lowest BCUT2D eigenvalue weighted by atomic mass is 10.1. The zero-order valence-electron chi connectivity index (χ0n) is 13.2. The normalized spacial score (nSPS) is 10.3. The monoisotopic (exact) mass is 297 g/mol. The SMILES string of the molecule is CCCCNC(=O)c1ccc(NCc2ccc(C)cc2)cn1. The van der Waals surface area contributed by atoms with E-state index in [-0.39, 0.29) is 5.91 Å². The molecule has 0 atom stereocenters. The van der Waals surface area contributed by atoms with E-state index in [1.54, 1.807) is 12.3 Å². The van der Waals surface area contributed by atoms with Crippen LogP contribution in [0.1, 0.15) is 41.4 Å². The molecule has 0 fully saturated rings. The van der Waals surface area contributed by atoms with Crippen LogP contribution < -0.4 is 10.6 Å². The number of hydrogen-bond acceptors (Lipinski definition) is 3. The van der Waals surface area contributed by atoms with Gasteiger partial charge in [-0.05, 0) is 31.0 Å². The molecule has 4 nitrogen and oxygen atoms in total. The lowest BCUT2D eigenvalue weighted by molar-refractivity contribution is 0.0948. The first kappa shape index (κ1) is 16.0. The first-order valence-corrected chi connectivity index (χ1v) is 7.72. The first-order valence-electron chi connectivity index (χ1n) is 7.72. The van der Waals surface area contributed by atoms with E-state index in [2.05, 4.69) is 53.7 Å². The highest BCUT2D eigenvalue weighted by Crippen LogP contribution is 2.10. The Morgan fingerprint density at radius 1 is 1.14 bits per heavy atom. The minimum atomic E-state index is -0.112. The van der Waals surface area contributed by atoms with E-state index >= 15 is 0 Å². The summed E-state index contributed by atoms with van der Waals surface area (Å²) in [5.41, 5.74) is 3.83. The maximum Gasteiger partial charge on any atom is 0.269 e. The number of nitrogens with one attached hydrogen (secondary N) is 2. The van der Waals surface area contributed by atoms with Gasteiger partial charge in [-0.25, -0.2) is 4.98 Å². The smallest absolute Gasteiger partial charge is 0.269 e. The molecule has 116 valence electrons. The van der Waals surface area contributed by atoms with Crippen LogP contribution in [0.25, 0.3) is 0 Å². The minimum absolute atomic E-state index is 0.112. The van der Waals surface area contributed by atoms with E-state index in [0.29, 0.717) is 12.2 Å². The van der Waals surface area contributed by atoms with Gasteiger partial charge < -0.3 is 10.6 Å². The molecule has 1 aromatic heterocycles. The molecule has 0 unspecified atom stereocenters. The highest BCUT2D eigenvalue weighted by atomic mass is 16.1. The summed E-state index contributed by atoms with van der Waals surface area (Å²) in [4.78, 5) is 16.1. The summed E-state index contributed by atoms with van der Waals surface area (Å²) in [6, 6.07) is 12.0. The number of unbranched alkanes of at least 4 members (excludes halogenated alkanes) is 1. The predicted molar refractivity (Wildman–Crippen MR) is 90.0 cm³/mol. The highest BCUT2D eigenvalue weighted by molar-refractivity contribution is 5.92. The standard InChI is InChI=1S/C18H23N3O/c1-3-4-11-19-18(22)17-10-9-16(13-21-17)20-12-15-7-5-14(2)6-8-15/h5-10,13,20H,3-4,11-12H2,1-2H3,(H,19,22). The van der Waals surface area contributed by atoms with E-state index in [0.717, 1.165) is 25.1 Å². The molecule has 0 saturated carbocycles. The molecule has 0 aliphatic heterocycles. The molecule has 1 amide bonds. The molecule has 0 aliphatic rings. The van der Waals surface area contributed by atoms with Crippen LogP contribution in [0.3, 0.4) is 0 Å². The van der Waals surface area contributed by atoms with Gasteiger partial charge in [-0.3, -0.25) is 4.79 Å². The van der Waals surface area contributed by atoms with Gasteiger partial charge in [0.05, 0.1) is 11.9 Å². The van der Waals surface area contributed by atoms with Crippen molar-refractivity contribution in [2.45, 2.75) is 33.2 Å². The topological polar surface area (TPSA) is 54.0 Å². The average molecular weight is 297 g/mol. The Hall–Kier alpha value is -2.36. The number of carbonyl (C=O) groups is 1. The summed E-state index contributed by atoms with van der Waals surface area (Å²) in [7, 11) is 0. The summed E-state index contributed by atoms with van der Waals surface area (Å²) >= 11 is 0. The van der Waals surface area contributed by atoms with Crippen LogP contribution in [0.4, 0.5) is 5.69 Å². The van der Waals surface area contributed by atoms with Crippen LogP contribution in [0.2, 0.25) is 0 Å². The number of rotatable bonds is 7. The van der Waals surface area contributed by atoms with Gasteiger partial charge in [0.15, 0.2) is 0 Å². The molecule has 0 radical (unpaired) electrons.